The van der Waals surface area contributed by atoms with Gasteiger partial charge >= 0.3 is 0 Å². The monoisotopic (exact) mass is 451 g/mol. The van der Waals surface area contributed by atoms with Crippen molar-refractivity contribution < 1.29 is 9.90 Å². The number of amides is 1. The Morgan fingerprint density at radius 2 is 1.74 bits per heavy atom. The Labute approximate surface area is 189 Å². The van der Waals surface area contributed by atoms with E-state index in [2.05, 4.69) is 10.5 Å². The number of nitrogens with one attached hydrogen (secondary N) is 1. The van der Waals surface area contributed by atoms with Crippen molar-refractivity contribution >= 4 is 46.1 Å². The minimum absolute atomic E-state index is 0.0971. The van der Waals surface area contributed by atoms with Crippen LogP contribution in [-0.2, 0) is 0 Å². The lowest BCUT2D eigenvalue weighted by Gasteiger charge is -2.12. The highest BCUT2D eigenvalue weighted by molar-refractivity contribution is 6.34. The number of aromatic hydroxyl groups is 1. The maximum absolute atomic E-state index is 12.5. The molecule has 4 aromatic rings. The van der Waals surface area contributed by atoms with Crippen molar-refractivity contribution in [2.75, 3.05) is 0 Å². The van der Waals surface area contributed by atoms with Gasteiger partial charge in [-0.25, -0.2) is 5.43 Å². The van der Waals surface area contributed by atoms with Gasteiger partial charge in [0.15, 0.2) is 0 Å². The molecule has 4 rings (SSSR count). The van der Waals surface area contributed by atoms with E-state index in [1.165, 1.54) is 0 Å². The van der Waals surface area contributed by atoms with Crippen molar-refractivity contribution in [3.63, 3.8) is 0 Å². The fourth-order valence-corrected chi connectivity index (χ4v) is 3.95. The summed E-state index contributed by atoms with van der Waals surface area (Å²) < 4.78 is 1.98. The Morgan fingerprint density at radius 1 is 1.03 bits per heavy atom. The number of fused-ring (bicyclic) bond motifs is 1. The van der Waals surface area contributed by atoms with Gasteiger partial charge < -0.3 is 9.67 Å². The first-order valence-corrected chi connectivity index (χ1v) is 10.3. The molecule has 0 saturated carbocycles. The summed E-state index contributed by atoms with van der Waals surface area (Å²) in [5.74, 6) is -0.591. The molecule has 7 heteroatoms. The molecule has 1 heterocycles. The molecule has 1 aromatic heterocycles. The van der Waals surface area contributed by atoms with E-state index in [9.17, 15) is 9.90 Å². The van der Waals surface area contributed by atoms with E-state index in [-0.39, 0.29) is 11.3 Å². The third kappa shape index (κ3) is 4.15. The molecule has 0 aliphatic rings. The molecule has 0 spiro atoms. The molecule has 0 aliphatic heterocycles. The van der Waals surface area contributed by atoms with Crippen LogP contribution in [0.1, 0.15) is 27.3 Å². The Hall–Kier alpha value is -3.28. The number of nitrogens with zero attached hydrogens (tertiary/aromatic N) is 2. The second-order valence-electron chi connectivity index (χ2n) is 7.17. The van der Waals surface area contributed by atoms with Crippen LogP contribution in [0, 0.1) is 13.8 Å². The molecule has 0 aliphatic carbocycles. The van der Waals surface area contributed by atoms with E-state index in [0.29, 0.717) is 10.0 Å². The van der Waals surface area contributed by atoms with E-state index in [1.807, 2.05) is 48.7 Å². The number of carbonyl (C=O) groups excluding carboxylic acids is 1. The normalized spacial score (nSPS) is 11.4. The molecule has 1 amide bonds. The number of benzene rings is 3. The third-order valence-corrected chi connectivity index (χ3v) is 5.65. The predicted octanol–water partition coefficient (Wildman–Crippen LogP) is 6.02. The average molecular weight is 452 g/mol. The Morgan fingerprint density at radius 3 is 2.48 bits per heavy atom. The van der Waals surface area contributed by atoms with Gasteiger partial charge in [0.05, 0.1) is 22.5 Å². The summed E-state index contributed by atoms with van der Waals surface area (Å²) in [4.78, 5) is 12.5. The van der Waals surface area contributed by atoms with Crippen LogP contribution >= 0.6 is 23.2 Å². The van der Waals surface area contributed by atoms with Crippen molar-refractivity contribution in [1.82, 2.24) is 9.99 Å². The van der Waals surface area contributed by atoms with Crippen molar-refractivity contribution in [3.05, 3.63) is 93.2 Å². The van der Waals surface area contributed by atoms with E-state index < -0.39 is 5.91 Å². The molecule has 3 aromatic carbocycles. The lowest BCUT2D eigenvalue weighted by molar-refractivity contribution is 0.0952. The van der Waals surface area contributed by atoms with Gasteiger partial charge in [-0.3, -0.25) is 4.79 Å². The van der Waals surface area contributed by atoms with Crippen LogP contribution in [-0.4, -0.2) is 21.8 Å². The van der Waals surface area contributed by atoms with Crippen LogP contribution in [0.25, 0.3) is 16.5 Å². The molecule has 2 N–H and O–H groups in total. The first kappa shape index (κ1) is 21.0. The van der Waals surface area contributed by atoms with Gasteiger partial charge in [0.2, 0.25) is 0 Å². The largest absolute Gasteiger partial charge is 0.507 e. The van der Waals surface area contributed by atoms with Crippen molar-refractivity contribution in [3.8, 4) is 11.4 Å². The fraction of sp³-hybridized carbons (Fsp3) is 0.0833. The molecular weight excluding hydrogens is 433 g/mol. The summed E-state index contributed by atoms with van der Waals surface area (Å²) >= 11 is 12.5. The van der Waals surface area contributed by atoms with Crippen molar-refractivity contribution in [2.45, 2.75) is 13.8 Å². The molecule has 0 unspecified atom stereocenters. The van der Waals surface area contributed by atoms with Gasteiger partial charge in [-0.2, -0.15) is 5.10 Å². The van der Waals surface area contributed by atoms with Crippen LogP contribution < -0.4 is 5.43 Å². The number of phenolic OH excluding ortho intramolecular Hbond substituents is 1. The smallest absolute Gasteiger partial charge is 0.275 e. The number of rotatable bonds is 4. The summed E-state index contributed by atoms with van der Waals surface area (Å²) in [5, 5.41) is 17.2. The number of hydrazone groups is 1. The maximum Gasteiger partial charge on any atom is 0.275 e. The van der Waals surface area contributed by atoms with Crippen LogP contribution in [0.3, 0.4) is 0 Å². The van der Waals surface area contributed by atoms with Gasteiger partial charge in [0.1, 0.15) is 5.75 Å². The minimum atomic E-state index is -0.494. The first-order valence-electron chi connectivity index (χ1n) is 9.54. The minimum Gasteiger partial charge on any atom is -0.507 e. The zero-order valence-corrected chi connectivity index (χ0v) is 18.4. The predicted molar refractivity (Wildman–Crippen MR) is 126 cm³/mol. The summed E-state index contributed by atoms with van der Waals surface area (Å²) in [6, 6.07) is 17.9. The Bertz CT molecular complexity index is 1340. The highest BCUT2D eigenvalue weighted by atomic mass is 35.5. The van der Waals surface area contributed by atoms with Gasteiger partial charge in [0.25, 0.3) is 5.91 Å². The standard InChI is InChI=1S/C24H19Cl2N3O2/c1-14-9-18(15(2)29(14)22-12-19(25)7-8-21(22)26)13-27-28-24(31)20-10-16-5-3-4-6-17(16)11-23(20)30/h3-13,30H,1-2H3,(H,28,31). The summed E-state index contributed by atoms with van der Waals surface area (Å²) in [6.45, 7) is 3.88. The Balaban J connectivity index is 1.58. The average Bonchev–Trinajstić information content (AvgIpc) is 3.02. The maximum atomic E-state index is 12.5. The second-order valence-corrected chi connectivity index (χ2v) is 8.02. The molecule has 31 heavy (non-hydrogen) atoms. The number of hydrogen-bond donors (Lipinski definition) is 2. The number of aromatic nitrogens is 1. The quantitative estimate of drug-likeness (QED) is 0.294. The number of hydrogen-bond acceptors (Lipinski definition) is 3. The van der Waals surface area contributed by atoms with Crippen LogP contribution in [0.4, 0.5) is 0 Å². The molecular formula is C24H19Cl2N3O2. The van der Waals surface area contributed by atoms with Crippen molar-refractivity contribution in [2.24, 2.45) is 5.10 Å². The molecule has 0 radical (unpaired) electrons. The molecule has 0 fully saturated rings. The van der Waals surface area contributed by atoms with Gasteiger partial charge in [0, 0.05) is 22.0 Å². The summed E-state index contributed by atoms with van der Waals surface area (Å²) in [6.07, 6.45) is 1.56. The fourth-order valence-electron chi connectivity index (χ4n) is 3.58. The van der Waals surface area contributed by atoms with Crippen LogP contribution in [0.5, 0.6) is 5.75 Å². The topological polar surface area (TPSA) is 66.6 Å². The van der Waals surface area contributed by atoms with E-state index in [0.717, 1.165) is 33.4 Å². The number of halogens is 2. The second kappa shape index (κ2) is 8.46. The van der Waals surface area contributed by atoms with E-state index in [4.69, 9.17) is 23.2 Å². The summed E-state index contributed by atoms with van der Waals surface area (Å²) in [5.41, 5.74) is 6.07. The molecule has 156 valence electrons. The lowest BCUT2D eigenvalue weighted by Crippen LogP contribution is -2.17. The van der Waals surface area contributed by atoms with Gasteiger partial charge in [-0.15, -0.1) is 0 Å². The number of phenols is 1. The zero-order chi connectivity index (χ0) is 22.1. The molecule has 0 atom stereocenters. The highest BCUT2D eigenvalue weighted by Gasteiger charge is 2.14. The highest BCUT2D eigenvalue weighted by Crippen LogP contribution is 2.29. The van der Waals surface area contributed by atoms with Crippen LogP contribution in [0.15, 0.2) is 65.8 Å². The molecule has 0 bridgehead atoms. The zero-order valence-electron chi connectivity index (χ0n) is 16.9. The first-order chi connectivity index (χ1) is 14.8. The lowest BCUT2D eigenvalue weighted by atomic mass is 10.1. The van der Waals surface area contributed by atoms with Gasteiger partial charge in [-0.1, -0.05) is 47.5 Å². The molecule has 0 saturated heterocycles. The molecule has 5 nitrogen and oxygen atoms in total. The van der Waals surface area contributed by atoms with Crippen molar-refractivity contribution in [1.29, 1.82) is 0 Å². The van der Waals surface area contributed by atoms with E-state index in [1.54, 1.807) is 36.5 Å². The number of carbonyl (C=O) groups is 1. The van der Waals surface area contributed by atoms with Gasteiger partial charge in [-0.05, 0) is 61.0 Å². The SMILES string of the molecule is Cc1cc(C=NNC(=O)c2cc3ccccc3cc2O)c(C)n1-c1cc(Cl)ccc1Cl. The Kier molecular flexibility index (Phi) is 5.72. The van der Waals surface area contributed by atoms with E-state index >= 15 is 0 Å². The van der Waals surface area contributed by atoms with Crippen LogP contribution in [0.2, 0.25) is 10.0 Å². The summed E-state index contributed by atoms with van der Waals surface area (Å²) in [7, 11) is 0. The third-order valence-electron chi connectivity index (χ3n) is 5.10. The number of aryl methyl sites for hydroxylation is 1.